The van der Waals surface area contributed by atoms with Crippen LogP contribution in [0, 0.1) is 0 Å². The zero-order chi connectivity index (χ0) is 33.1. The highest BCUT2D eigenvalue weighted by molar-refractivity contribution is 6.30. The van der Waals surface area contributed by atoms with E-state index in [0.717, 1.165) is 61.0 Å². The zero-order valence-electron chi connectivity index (χ0n) is 27.1. The van der Waals surface area contributed by atoms with Crippen LogP contribution in [0.25, 0.3) is 5.69 Å². The average molecular weight is 671 g/mol. The van der Waals surface area contributed by atoms with Crippen LogP contribution in [0.4, 0.5) is 11.4 Å². The number of nitrogens with zero attached hydrogens (tertiary/aromatic N) is 8. The van der Waals surface area contributed by atoms with Crippen LogP contribution in [0.15, 0.2) is 96.3 Å². The number of aromatic nitrogens is 6. The van der Waals surface area contributed by atoms with E-state index in [9.17, 15) is 4.79 Å². The minimum absolute atomic E-state index is 0.0685. The van der Waals surface area contributed by atoms with Crippen LogP contribution in [0.3, 0.4) is 0 Å². The molecule has 7 rings (SSSR count). The van der Waals surface area contributed by atoms with Gasteiger partial charge in [0.05, 0.1) is 30.7 Å². The Balaban J connectivity index is 0.916. The van der Waals surface area contributed by atoms with Crippen LogP contribution in [-0.4, -0.2) is 74.8 Å². The second kappa shape index (κ2) is 13.8. The molecule has 48 heavy (non-hydrogen) atoms. The SMILES string of the molecule is CCC(C)n1ncn(-c2ccc(N3CCN(c4ccc(OC[C@@H]5CO[C@@](Cn6nccn6)(c6ccc(Cl)cc6)O5)cc4)CC3)cc2)c1=O. The van der Waals surface area contributed by atoms with E-state index in [0.29, 0.717) is 24.8 Å². The maximum Gasteiger partial charge on any atom is 0.350 e. The fraction of sp³-hybridized carbons (Fsp3) is 0.371. The summed E-state index contributed by atoms with van der Waals surface area (Å²) in [6.07, 6.45) is 5.44. The Labute approximate surface area is 284 Å². The molecule has 3 aromatic carbocycles. The number of benzene rings is 3. The monoisotopic (exact) mass is 670 g/mol. The van der Waals surface area contributed by atoms with E-state index in [-0.39, 0.29) is 17.8 Å². The van der Waals surface area contributed by atoms with Gasteiger partial charge in [-0.25, -0.2) is 14.0 Å². The van der Waals surface area contributed by atoms with Crippen molar-refractivity contribution in [3.63, 3.8) is 0 Å². The van der Waals surface area contributed by atoms with E-state index in [4.69, 9.17) is 25.8 Å². The van der Waals surface area contributed by atoms with Crippen LogP contribution in [0.2, 0.25) is 5.02 Å². The molecule has 2 aliphatic rings. The van der Waals surface area contributed by atoms with Gasteiger partial charge in [0.25, 0.3) is 0 Å². The van der Waals surface area contributed by atoms with Gasteiger partial charge >= 0.3 is 5.69 Å². The number of halogens is 1. The molecule has 0 radical (unpaired) electrons. The summed E-state index contributed by atoms with van der Waals surface area (Å²) in [6, 6.07) is 23.9. The van der Waals surface area contributed by atoms with Gasteiger partial charge in [-0.15, -0.1) is 0 Å². The van der Waals surface area contributed by atoms with Crippen molar-refractivity contribution < 1.29 is 14.2 Å². The van der Waals surface area contributed by atoms with Gasteiger partial charge in [0.15, 0.2) is 0 Å². The molecule has 12 nitrogen and oxygen atoms in total. The second-order valence-electron chi connectivity index (χ2n) is 12.2. The van der Waals surface area contributed by atoms with Gasteiger partial charge in [0.1, 0.15) is 31.3 Å². The Morgan fingerprint density at radius 1 is 0.875 bits per heavy atom. The van der Waals surface area contributed by atoms with Gasteiger partial charge in [0.2, 0.25) is 5.79 Å². The summed E-state index contributed by atoms with van der Waals surface area (Å²) >= 11 is 6.13. The molecular formula is C35H39ClN8O4. The highest BCUT2D eigenvalue weighted by Gasteiger charge is 2.44. The van der Waals surface area contributed by atoms with E-state index in [1.54, 1.807) is 32.8 Å². The molecular weight excluding hydrogens is 632 g/mol. The molecule has 0 aliphatic carbocycles. The first-order valence-corrected chi connectivity index (χ1v) is 16.7. The average Bonchev–Trinajstić information content (AvgIpc) is 3.89. The summed E-state index contributed by atoms with van der Waals surface area (Å²) < 4.78 is 22.0. The maximum atomic E-state index is 12.8. The summed E-state index contributed by atoms with van der Waals surface area (Å²) in [4.78, 5) is 19.1. The van der Waals surface area contributed by atoms with Crippen molar-refractivity contribution in [2.75, 3.05) is 49.2 Å². The largest absolute Gasteiger partial charge is 0.491 e. The van der Waals surface area contributed by atoms with Crippen molar-refractivity contribution in [3.8, 4) is 11.4 Å². The number of ether oxygens (including phenoxy) is 3. The lowest BCUT2D eigenvalue weighted by atomic mass is 10.1. The van der Waals surface area contributed by atoms with Crippen molar-refractivity contribution in [1.29, 1.82) is 0 Å². The van der Waals surface area contributed by atoms with Crippen molar-refractivity contribution in [3.05, 3.63) is 113 Å². The number of piperazine rings is 1. The van der Waals surface area contributed by atoms with E-state index >= 15 is 0 Å². The Hall–Kier alpha value is -4.65. The third-order valence-electron chi connectivity index (χ3n) is 9.07. The molecule has 2 saturated heterocycles. The summed E-state index contributed by atoms with van der Waals surface area (Å²) in [7, 11) is 0. The smallest absolute Gasteiger partial charge is 0.350 e. The van der Waals surface area contributed by atoms with Crippen molar-refractivity contribution in [2.45, 2.75) is 44.7 Å². The molecule has 0 spiro atoms. The van der Waals surface area contributed by atoms with Gasteiger partial charge < -0.3 is 24.0 Å². The van der Waals surface area contributed by atoms with Crippen LogP contribution < -0.4 is 20.2 Å². The summed E-state index contributed by atoms with van der Waals surface area (Å²) in [5, 5.41) is 13.4. The second-order valence-corrected chi connectivity index (χ2v) is 12.6. The topological polar surface area (TPSA) is 105 Å². The molecule has 250 valence electrons. The molecule has 13 heteroatoms. The molecule has 2 aliphatic heterocycles. The molecule has 3 atom stereocenters. The van der Waals surface area contributed by atoms with Crippen LogP contribution >= 0.6 is 11.6 Å². The first-order chi connectivity index (χ1) is 23.4. The van der Waals surface area contributed by atoms with Gasteiger partial charge in [-0.1, -0.05) is 30.7 Å². The normalized spacial score (nSPS) is 20.3. The lowest BCUT2D eigenvalue weighted by molar-refractivity contribution is -0.192. The van der Waals surface area contributed by atoms with Crippen LogP contribution in [-0.2, 0) is 21.8 Å². The number of rotatable bonds is 11. The quantitative estimate of drug-likeness (QED) is 0.194. The molecule has 4 heterocycles. The molecule has 2 fully saturated rings. The molecule has 0 amide bonds. The van der Waals surface area contributed by atoms with E-state index < -0.39 is 5.79 Å². The molecule has 0 bridgehead atoms. The first kappa shape index (κ1) is 31.9. The molecule has 2 aromatic heterocycles. The predicted molar refractivity (Wildman–Crippen MR) is 183 cm³/mol. The minimum Gasteiger partial charge on any atom is -0.491 e. The minimum atomic E-state index is -1.04. The molecule has 5 aromatic rings. The van der Waals surface area contributed by atoms with Crippen molar-refractivity contribution >= 4 is 23.0 Å². The number of hydrogen-bond acceptors (Lipinski definition) is 9. The van der Waals surface area contributed by atoms with E-state index in [1.807, 2.05) is 55.5 Å². The summed E-state index contributed by atoms with van der Waals surface area (Å²) in [5.74, 6) is -0.268. The highest BCUT2D eigenvalue weighted by atomic mass is 35.5. The molecule has 0 saturated carbocycles. The third-order valence-corrected chi connectivity index (χ3v) is 9.32. The maximum absolute atomic E-state index is 12.8. The van der Waals surface area contributed by atoms with Gasteiger partial charge in [0, 0.05) is 48.1 Å². The van der Waals surface area contributed by atoms with Gasteiger partial charge in [-0.2, -0.15) is 20.1 Å². The van der Waals surface area contributed by atoms with Gasteiger partial charge in [-0.05, 0) is 74.0 Å². The van der Waals surface area contributed by atoms with E-state index in [1.165, 1.54) is 0 Å². The predicted octanol–water partition coefficient (Wildman–Crippen LogP) is 4.92. The zero-order valence-corrected chi connectivity index (χ0v) is 27.8. The van der Waals surface area contributed by atoms with Crippen molar-refractivity contribution in [2.24, 2.45) is 0 Å². The fourth-order valence-corrected chi connectivity index (χ4v) is 6.27. The fourth-order valence-electron chi connectivity index (χ4n) is 6.15. The van der Waals surface area contributed by atoms with Gasteiger partial charge in [-0.3, -0.25) is 0 Å². The number of hydrogen-bond donors (Lipinski definition) is 0. The van der Waals surface area contributed by atoms with Crippen molar-refractivity contribution in [1.82, 2.24) is 29.3 Å². The van der Waals surface area contributed by atoms with Crippen LogP contribution in [0.5, 0.6) is 5.75 Å². The Morgan fingerprint density at radius 2 is 1.48 bits per heavy atom. The number of anilines is 2. The van der Waals surface area contributed by atoms with E-state index in [2.05, 4.69) is 56.3 Å². The summed E-state index contributed by atoms with van der Waals surface area (Å²) in [6.45, 7) is 8.65. The summed E-state index contributed by atoms with van der Waals surface area (Å²) in [5.41, 5.74) is 3.85. The lowest BCUT2D eigenvalue weighted by Gasteiger charge is -2.37. The molecule has 1 unspecified atom stereocenters. The van der Waals surface area contributed by atoms with Crippen LogP contribution in [0.1, 0.15) is 31.9 Å². The molecule has 0 N–H and O–H groups in total. The Bertz CT molecular complexity index is 1840. The Morgan fingerprint density at radius 3 is 2.10 bits per heavy atom. The Kier molecular flexibility index (Phi) is 9.20. The first-order valence-electron chi connectivity index (χ1n) is 16.3. The standard InChI is InChI=1S/C35H39ClN8O4/c1-3-26(2)44-34(45)42(25-39-44)31-10-8-29(9-11-31)40-18-20-41(21-19-40)30-12-14-32(15-13-30)46-22-33-23-47-35(48-33,24-43-37-16-17-38-43)27-4-6-28(36)7-5-27/h4-17,25-26,33H,3,18-24H2,1-2H3/t26?,33-,35-/m1/s1. The third kappa shape index (κ3) is 6.69. The lowest BCUT2D eigenvalue weighted by Crippen LogP contribution is -2.46. The highest BCUT2D eigenvalue weighted by Crippen LogP contribution is 2.36.